The molecule has 1 heterocycles. The third-order valence-corrected chi connectivity index (χ3v) is 2.71. The van der Waals surface area contributed by atoms with E-state index in [0.29, 0.717) is 6.07 Å². The van der Waals surface area contributed by atoms with Crippen molar-refractivity contribution in [3.8, 4) is 5.75 Å². The molecule has 0 saturated heterocycles. The van der Waals surface area contributed by atoms with Gasteiger partial charge >= 0.3 is 12.4 Å². The van der Waals surface area contributed by atoms with Gasteiger partial charge in [0.25, 0.3) is 0 Å². The molecule has 0 atom stereocenters. The zero-order chi connectivity index (χ0) is 14.4. The maximum absolute atomic E-state index is 12.8. The Morgan fingerprint density at radius 3 is 2.21 bits per heavy atom. The van der Waals surface area contributed by atoms with Crippen LogP contribution in [0, 0.1) is 0 Å². The molecule has 0 N–H and O–H groups in total. The third kappa shape index (κ3) is 2.78. The number of nitrogens with zero attached hydrogens (tertiary/aromatic N) is 1. The van der Waals surface area contributed by atoms with Gasteiger partial charge in [-0.05, 0) is 19.2 Å². The minimum atomic E-state index is -4.85. The Balaban J connectivity index is 2.62. The van der Waals surface area contributed by atoms with Crippen molar-refractivity contribution in [3.63, 3.8) is 0 Å². The minimum Gasteiger partial charge on any atom is -0.478 e. The van der Waals surface area contributed by atoms with E-state index in [1.165, 1.54) is 11.9 Å². The highest BCUT2D eigenvalue weighted by molar-refractivity contribution is 5.47. The Morgan fingerprint density at radius 2 is 1.68 bits per heavy atom. The van der Waals surface area contributed by atoms with E-state index in [9.17, 15) is 26.3 Å². The zero-order valence-electron chi connectivity index (χ0n) is 9.69. The van der Waals surface area contributed by atoms with Crippen LogP contribution in [0.15, 0.2) is 12.1 Å². The van der Waals surface area contributed by atoms with Crippen molar-refractivity contribution >= 4 is 0 Å². The van der Waals surface area contributed by atoms with Crippen molar-refractivity contribution in [2.45, 2.75) is 18.9 Å². The topological polar surface area (TPSA) is 12.5 Å². The van der Waals surface area contributed by atoms with Gasteiger partial charge in [-0.2, -0.15) is 26.3 Å². The molecule has 0 unspecified atom stereocenters. The molecule has 0 spiro atoms. The summed E-state index contributed by atoms with van der Waals surface area (Å²) >= 11 is 0. The summed E-state index contributed by atoms with van der Waals surface area (Å²) in [6.45, 7) is -0.159. The number of hydrogen-bond acceptors (Lipinski definition) is 2. The second-order valence-electron chi connectivity index (χ2n) is 4.28. The molecule has 1 aromatic carbocycles. The molecule has 0 amide bonds. The first kappa shape index (κ1) is 14.0. The van der Waals surface area contributed by atoms with E-state index < -0.39 is 23.5 Å². The molecule has 0 aliphatic carbocycles. The average molecular weight is 285 g/mol. The summed E-state index contributed by atoms with van der Waals surface area (Å²) < 4.78 is 81.1. The number of hydrogen-bond donors (Lipinski definition) is 0. The largest absolute Gasteiger partial charge is 0.478 e. The predicted molar refractivity (Wildman–Crippen MR) is 53.4 cm³/mol. The van der Waals surface area contributed by atoms with Crippen LogP contribution >= 0.6 is 0 Å². The Labute approximate surface area is 104 Å². The monoisotopic (exact) mass is 285 g/mol. The smallest absolute Gasteiger partial charge is 0.416 e. The molecule has 2 nitrogen and oxygen atoms in total. The van der Waals surface area contributed by atoms with Gasteiger partial charge in [0.1, 0.15) is 12.5 Å². The minimum absolute atomic E-state index is 0.0500. The highest BCUT2D eigenvalue weighted by atomic mass is 19.4. The van der Waals surface area contributed by atoms with Crippen LogP contribution in [-0.2, 0) is 18.9 Å². The van der Waals surface area contributed by atoms with Crippen LogP contribution in [0.2, 0.25) is 0 Å². The van der Waals surface area contributed by atoms with Crippen molar-refractivity contribution in [1.82, 2.24) is 4.90 Å². The Morgan fingerprint density at radius 1 is 1.05 bits per heavy atom. The summed E-state index contributed by atoms with van der Waals surface area (Å²) in [5.74, 6) is -0.361. The molecular weight excluding hydrogens is 276 g/mol. The molecule has 0 bridgehead atoms. The number of halogens is 6. The summed E-state index contributed by atoms with van der Waals surface area (Å²) in [6.07, 6.45) is -9.70. The van der Waals surface area contributed by atoms with Gasteiger partial charge in [0.05, 0.1) is 11.1 Å². The van der Waals surface area contributed by atoms with E-state index in [1.807, 2.05) is 0 Å². The molecular formula is C11H9F6NO. The summed E-state index contributed by atoms with van der Waals surface area (Å²) in [4.78, 5) is 1.44. The van der Waals surface area contributed by atoms with Crippen LogP contribution in [0.3, 0.4) is 0 Å². The number of benzene rings is 1. The maximum atomic E-state index is 12.8. The zero-order valence-corrected chi connectivity index (χ0v) is 9.69. The molecule has 0 fully saturated rings. The lowest BCUT2D eigenvalue weighted by Crippen LogP contribution is -2.30. The summed E-state index contributed by atoms with van der Waals surface area (Å²) in [7, 11) is 1.51. The van der Waals surface area contributed by atoms with Gasteiger partial charge < -0.3 is 4.74 Å². The molecule has 1 aliphatic heterocycles. The van der Waals surface area contributed by atoms with Crippen molar-refractivity contribution in [2.75, 3.05) is 13.8 Å². The first-order valence-corrected chi connectivity index (χ1v) is 5.21. The van der Waals surface area contributed by atoms with E-state index in [2.05, 4.69) is 0 Å². The van der Waals surface area contributed by atoms with Crippen LogP contribution in [0.4, 0.5) is 26.3 Å². The molecule has 1 aromatic rings. The second kappa shape index (κ2) is 4.29. The third-order valence-electron chi connectivity index (χ3n) is 2.71. The fourth-order valence-corrected chi connectivity index (χ4v) is 1.85. The van der Waals surface area contributed by atoms with Crippen LogP contribution in [-0.4, -0.2) is 18.7 Å². The van der Waals surface area contributed by atoms with Crippen LogP contribution in [0.5, 0.6) is 5.75 Å². The van der Waals surface area contributed by atoms with Crippen molar-refractivity contribution < 1.29 is 31.1 Å². The molecule has 0 radical (unpaired) electrons. The summed E-state index contributed by atoms with van der Waals surface area (Å²) in [6, 6.07) is 0.735. The molecule has 1 aliphatic rings. The van der Waals surface area contributed by atoms with Gasteiger partial charge in [-0.25, -0.2) is 0 Å². The average Bonchev–Trinajstić information content (AvgIpc) is 2.24. The first-order valence-electron chi connectivity index (χ1n) is 5.21. The van der Waals surface area contributed by atoms with E-state index in [0.717, 1.165) is 0 Å². The number of fused-ring (bicyclic) bond motifs is 1. The van der Waals surface area contributed by atoms with Gasteiger partial charge in [0.2, 0.25) is 0 Å². The lowest BCUT2D eigenvalue weighted by molar-refractivity contribution is -0.144. The predicted octanol–water partition coefficient (Wildman–Crippen LogP) is 3.51. The van der Waals surface area contributed by atoms with Crippen molar-refractivity contribution in [2.24, 2.45) is 0 Å². The molecule has 2 rings (SSSR count). The highest BCUT2D eigenvalue weighted by Gasteiger charge is 2.40. The van der Waals surface area contributed by atoms with Crippen LogP contribution in [0.1, 0.15) is 16.7 Å². The maximum Gasteiger partial charge on any atom is 0.416 e. The van der Waals surface area contributed by atoms with Gasteiger partial charge in [-0.15, -0.1) is 0 Å². The molecule has 19 heavy (non-hydrogen) atoms. The Hall–Kier alpha value is -1.44. The van der Waals surface area contributed by atoms with E-state index >= 15 is 0 Å². The molecule has 106 valence electrons. The summed E-state index contributed by atoms with van der Waals surface area (Å²) in [5, 5.41) is 0. The van der Waals surface area contributed by atoms with E-state index in [-0.39, 0.29) is 30.7 Å². The highest BCUT2D eigenvalue weighted by Crippen LogP contribution is 2.42. The van der Waals surface area contributed by atoms with Crippen LogP contribution in [0.25, 0.3) is 0 Å². The lowest BCUT2D eigenvalue weighted by Gasteiger charge is -2.28. The Kier molecular flexibility index (Phi) is 3.16. The van der Waals surface area contributed by atoms with Gasteiger partial charge in [0.15, 0.2) is 0 Å². The van der Waals surface area contributed by atoms with Crippen molar-refractivity contribution in [3.05, 3.63) is 28.8 Å². The fourth-order valence-electron chi connectivity index (χ4n) is 1.85. The Bertz CT molecular complexity index is 493. The standard InChI is InChI=1S/C11H9F6NO/c1-18-4-7-8(11(15,16)17)2-6(10(12,13)14)3-9(7)19-5-18/h2-3H,4-5H2,1H3. The normalized spacial score (nSPS) is 17.0. The number of rotatable bonds is 0. The molecule has 0 aromatic heterocycles. The molecule has 0 saturated carbocycles. The van der Waals surface area contributed by atoms with Gasteiger partial charge in [0, 0.05) is 12.1 Å². The first-order chi connectivity index (χ1) is 8.59. The number of alkyl halides is 6. The number of ether oxygens (including phenoxy) is 1. The summed E-state index contributed by atoms with van der Waals surface area (Å²) in [5.41, 5.74) is -2.93. The van der Waals surface area contributed by atoms with Crippen LogP contribution < -0.4 is 4.74 Å². The van der Waals surface area contributed by atoms with Crippen molar-refractivity contribution in [1.29, 1.82) is 0 Å². The quantitative estimate of drug-likeness (QED) is 0.676. The van der Waals surface area contributed by atoms with E-state index in [4.69, 9.17) is 4.74 Å². The van der Waals surface area contributed by atoms with Gasteiger partial charge in [-0.3, -0.25) is 4.90 Å². The fraction of sp³-hybridized carbons (Fsp3) is 0.455. The second-order valence-corrected chi connectivity index (χ2v) is 4.28. The lowest BCUT2D eigenvalue weighted by atomic mass is 10.0. The molecule has 8 heteroatoms. The van der Waals surface area contributed by atoms with E-state index in [1.54, 1.807) is 0 Å². The van der Waals surface area contributed by atoms with Gasteiger partial charge in [-0.1, -0.05) is 0 Å². The SMILES string of the molecule is CN1COc2cc(C(F)(F)F)cc(C(F)(F)F)c2C1.